The zero-order valence-electron chi connectivity index (χ0n) is 15.9. The van der Waals surface area contributed by atoms with Gasteiger partial charge < -0.3 is 30.0 Å². The van der Waals surface area contributed by atoms with Crippen LogP contribution >= 0.6 is 0 Å². The van der Waals surface area contributed by atoms with E-state index in [-0.39, 0.29) is 18.3 Å². The molecule has 150 valence electrons. The van der Waals surface area contributed by atoms with Gasteiger partial charge in [0, 0.05) is 48.3 Å². The lowest BCUT2D eigenvalue weighted by atomic mass is 9.62. The maximum Gasteiger partial charge on any atom is 0.236 e. The Morgan fingerprint density at radius 3 is 2.90 bits per heavy atom. The van der Waals surface area contributed by atoms with Crippen molar-refractivity contribution in [2.24, 2.45) is 0 Å². The molecule has 3 heterocycles. The molecule has 7 nitrogen and oxygen atoms in total. The number of fused-ring (bicyclic) bond motifs is 3. The number of ether oxygens (including phenoxy) is 2. The lowest BCUT2D eigenvalue weighted by Gasteiger charge is -2.46. The highest BCUT2D eigenvalue weighted by Gasteiger charge is 2.60. The highest BCUT2D eigenvalue weighted by Crippen LogP contribution is 2.56. The molecule has 2 aliphatic heterocycles. The fourth-order valence-electron chi connectivity index (χ4n) is 5.03. The Kier molecular flexibility index (Phi) is 4.13. The van der Waals surface area contributed by atoms with Crippen LogP contribution in [0.3, 0.4) is 0 Å². The summed E-state index contributed by atoms with van der Waals surface area (Å²) in [5.41, 5.74) is 2.21. The van der Waals surface area contributed by atoms with Gasteiger partial charge in [-0.3, -0.25) is 4.79 Å². The first-order valence-electron chi connectivity index (χ1n) is 9.58. The van der Waals surface area contributed by atoms with Crippen molar-refractivity contribution < 1.29 is 24.5 Å². The van der Waals surface area contributed by atoms with Gasteiger partial charge in [-0.1, -0.05) is 24.3 Å². The van der Waals surface area contributed by atoms with E-state index in [1.54, 1.807) is 18.2 Å². The summed E-state index contributed by atoms with van der Waals surface area (Å²) in [7, 11) is 1.53. The molecule has 2 aromatic carbocycles. The number of hydrogen-bond acceptors (Lipinski definition) is 5. The monoisotopic (exact) mass is 394 g/mol. The van der Waals surface area contributed by atoms with Crippen molar-refractivity contribution in [2.45, 2.75) is 30.1 Å². The van der Waals surface area contributed by atoms with Crippen LogP contribution in [0.4, 0.5) is 5.69 Å². The first kappa shape index (κ1) is 18.2. The molecule has 29 heavy (non-hydrogen) atoms. The Balaban J connectivity index is 1.77. The van der Waals surface area contributed by atoms with Gasteiger partial charge in [-0.05, 0) is 23.3 Å². The van der Waals surface area contributed by atoms with Gasteiger partial charge in [-0.2, -0.15) is 0 Å². The number of benzene rings is 2. The minimum Gasteiger partial charge on any atom is -0.508 e. The van der Waals surface area contributed by atoms with Crippen molar-refractivity contribution in [3.05, 3.63) is 59.8 Å². The van der Waals surface area contributed by atoms with Crippen LogP contribution in [0.1, 0.15) is 23.5 Å². The number of rotatable bonds is 3. The number of para-hydroxylation sites is 1. The summed E-state index contributed by atoms with van der Waals surface area (Å²) in [5.74, 6) is -0.545. The second-order valence-electron chi connectivity index (χ2n) is 7.65. The van der Waals surface area contributed by atoms with Crippen LogP contribution in [0.2, 0.25) is 0 Å². The Bertz CT molecular complexity index is 1090. The first-order chi connectivity index (χ1) is 14.1. The van der Waals surface area contributed by atoms with Crippen LogP contribution in [0.15, 0.2) is 48.7 Å². The summed E-state index contributed by atoms with van der Waals surface area (Å²) in [6.45, 7) is -0.257. The van der Waals surface area contributed by atoms with Crippen molar-refractivity contribution in [2.75, 3.05) is 19.0 Å². The molecule has 4 atom stereocenters. The Morgan fingerprint density at radius 2 is 2.10 bits per heavy atom. The number of carbonyl (C=O) groups excluding carboxylic acids is 1. The van der Waals surface area contributed by atoms with Crippen LogP contribution in [0.5, 0.6) is 5.75 Å². The van der Waals surface area contributed by atoms with Gasteiger partial charge in [0.25, 0.3) is 0 Å². The number of aliphatic hydroxyl groups is 1. The second-order valence-corrected chi connectivity index (χ2v) is 7.65. The third kappa shape index (κ3) is 2.51. The largest absolute Gasteiger partial charge is 0.508 e. The van der Waals surface area contributed by atoms with Gasteiger partial charge >= 0.3 is 0 Å². The Hall–Kier alpha value is -2.87. The summed E-state index contributed by atoms with van der Waals surface area (Å²) < 4.78 is 11.5. The quantitative estimate of drug-likeness (QED) is 0.547. The maximum atomic E-state index is 13.5. The number of amides is 1. The number of aromatic hydroxyl groups is 1. The molecular formula is C22H22N2O5. The van der Waals surface area contributed by atoms with E-state index in [4.69, 9.17) is 9.47 Å². The van der Waals surface area contributed by atoms with Gasteiger partial charge in [-0.15, -0.1) is 0 Å². The highest BCUT2D eigenvalue weighted by atomic mass is 16.7. The lowest BCUT2D eigenvalue weighted by molar-refractivity contribution is -0.213. The Labute approximate surface area is 167 Å². The zero-order valence-corrected chi connectivity index (χ0v) is 15.9. The van der Waals surface area contributed by atoms with Gasteiger partial charge in [0.15, 0.2) is 6.29 Å². The van der Waals surface area contributed by atoms with Crippen molar-refractivity contribution in [3.8, 4) is 5.75 Å². The van der Waals surface area contributed by atoms with Crippen LogP contribution in [-0.2, 0) is 19.7 Å². The number of hydrogen-bond donors (Lipinski definition) is 4. The molecule has 1 amide bonds. The number of phenolic OH excluding ortho intramolecular Hbond substituents is 1. The van der Waals surface area contributed by atoms with E-state index in [9.17, 15) is 15.0 Å². The highest BCUT2D eigenvalue weighted by molar-refractivity contribution is 6.08. The van der Waals surface area contributed by atoms with Crippen LogP contribution < -0.4 is 5.32 Å². The fourth-order valence-corrected chi connectivity index (χ4v) is 5.03. The summed E-state index contributed by atoms with van der Waals surface area (Å²) in [5, 5.41) is 24.0. The average molecular weight is 394 g/mol. The molecule has 1 fully saturated rings. The van der Waals surface area contributed by atoms with E-state index in [0.717, 1.165) is 22.0 Å². The predicted octanol–water partition coefficient (Wildman–Crippen LogP) is 2.60. The molecule has 0 saturated carbocycles. The number of anilines is 1. The smallest absolute Gasteiger partial charge is 0.236 e. The minimum atomic E-state index is -1.000. The summed E-state index contributed by atoms with van der Waals surface area (Å²) in [6, 6.07) is 12.8. The van der Waals surface area contributed by atoms with Crippen LogP contribution in [0.25, 0.3) is 10.9 Å². The van der Waals surface area contributed by atoms with E-state index >= 15 is 0 Å². The van der Waals surface area contributed by atoms with E-state index in [0.29, 0.717) is 12.1 Å². The number of aromatic nitrogens is 1. The fraction of sp³-hybridized carbons (Fsp3) is 0.318. The molecule has 7 heteroatoms. The number of H-pyrrole nitrogens is 1. The number of methoxy groups -OCH3 is 1. The average Bonchev–Trinajstić information content (AvgIpc) is 3.26. The Morgan fingerprint density at radius 1 is 1.28 bits per heavy atom. The molecule has 1 aromatic heterocycles. The molecule has 3 aromatic rings. The van der Waals surface area contributed by atoms with Gasteiger partial charge in [0.1, 0.15) is 5.75 Å². The number of phenols is 1. The molecule has 0 aliphatic carbocycles. The second kappa shape index (κ2) is 6.59. The molecule has 1 saturated heterocycles. The van der Waals surface area contributed by atoms with E-state index in [1.165, 1.54) is 7.11 Å². The van der Waals surface area contributed by atoms with Crippen LogP contribution in [0, 0.1) is 0 Å². The number of nitrogens with one attached hydrogen (secondary N) is 2. The molecular weight excluding hydrogens is 372 g/mol. The van der Waals surface area contributed by atoms with Gasteiger partial charge in [0.2, 0.25) is 5.91 Å². The molecule has 1 spiro atoms. The minimum absolute atomic E-state index is 0.0822. The molecule has 5 rings (SSSR count). The molecule has 2 aliphatic rings. The van der Waals surface area contributed by atoms with Crippen molar-refractivity contribution >= 4 is 22.5 Å². The van der Waals surface area contributed by atoms with Crippen molar-refractivity contribution in [3.63, 3.8) is 0 Å². The molecule has 0 bridgehead atoms. The molecule has 4 N–H and O–H groups in total. The number of aliphatic hydroxyl groups excluding tert-OH is 1. The summed E-state index contributed by atoms with van der Waals surface area (Å²) in [6.07, 6.45) is 0.910. The molecule has 0 unspecified atom stereocenters. The topological polar surface area (TPSA) is 104 Å². The van der Waals surface area contributed by atoms with E-state index < -0.39 is 23.7 Å². The molecule has 0 radical (unpaired) electrons. The SMILES string of the molecule is CO[C@H]1C[C@]2(C(=O)Nc3cc(O)ccc32)[C@H](c2c[nH]c3ccccc23)[C@@H](CO)O1. The summed E-state index contributed by atoms with van der Waals surface area (Å²) >= 11 is 0. The zero-order chi connectivity index (χ0) is 20.2. The third-order valence-electron chi connectivity index (χ3n) is 6.25. The number of carbonyl (C=O) groups is 1. The van der Waals surface area contributed by atoms with Gasteiger partial charge in [-0.25, -0.2) is 0 Å². The lowest BCUT2D eigenvalue weighted by Crippen LogP contribution is -2.54. The maximum absolute atomic E-state index is 13.5. The van der Waals surface area contributed by atoms with E-state index in [1.807, 2.05) is 30.5 Å². The van der Waals surface area contributed by atoms with Crippen LogP contribution in [-0.4, -0.2) is 47.2 Å². The number of aromatic amines is 1. The third-order valence-corrected chi connectivity index (χ3v) is 6.25. The van der Waals surface area contributed by atoms with Crippen molar-refractivity contribution in [1.82, 2.24) is 4.98 Å². The normalized spacial score (nSPS) is 28.6. The first-order valence-corrected chi connectivity index (χ1v) is 9.58. The summed E-state index contributed by atoms with van der Waals surface area (Å²) in [4.78, 5) is 16.8. The predicted molar refractivity (Wildman–Crippen MR) is 107 cm³/mol. The van der Waals surface area contributed by atoms with Gasteiger partial charge in [0.05, 0.1) is 18.1 Å². The standard InChI is InChI=1S/C22H22N2O5/c1-28-19-9-22(15-7-6-12(26)8-17(15)24-21(22)27)20(18(11-25)29-19)14-10-23-16-5-3-2-4-13(14)16/h2-8,10,18-20,23,25-26H,9,11H2,1H3,(H,24,27)/t18-,19-,20-,22-/m1/s1. The van der Waals surface area contributed by atoms with Crippen molar-refractivity contribution in [1.29, 1.82) is 0 Å². The van der Waals surface area contributed by atoms with E-state index in [2.05, 4.69) is 10.3 Å².